The van der Waals surface area contributed by atoms with Crippen molar-refractivity contribution >= 4 is 0 Å². The molecule has 1 aliphatic rings. The minimum atomic E-state index is 0.497. The van der Waals surface area contributed by atoms with Crippen molar-refractivity contribution in [3.05, 3.63) is 71.8 Å². The van der Waals surface area contributed by atoms with E-state index >= 15 is 0 Å². The second kappa shape index (κ2) is 6.69. The van der Waals surface area contributed by atoms with E-state index in [2.05, 4.69) is 70.9 Å². The average Bonchev–Trinajstić information content (AvgIpc) is 2.75. The summed E-state index contributed by atoms with van der Waals surface area (Å²) in [7, 11) is 0. The molecule has 1 saturated heterocycles. The van der Waals surface area contributed by atoms with Crippen molar-refractivity contribution in [3.8, 4) is 0 Å². The Kier molecular flexibility index (Phi) is 4.46. The molecule has 0 aliphatic carbocycles. The van der Waals surface area contributed by atoms with Gasteiger partial charge in [0.2, 0.25) is 0 Å². The number of benzene rings is 2. The fraction of sp³-hybridized carbons (Fsp3) is 0.333. The lowest BCUT2D eigenvalue weighted by molar-refractivity contribution is 0.282. The molecule has 2 nitrogen and oxygen atoms in total. The molecule has 0 bridgehead atoms. The fourth-order valence-electron chi connectivity index (χ4n) is 2.89. The van der Waals surface area contributed by atoms with Crippen molar-refractivity contribution in [1.82, 2.24) is 10.2 Å². The molecular weight excluding hydrogens is 244 g/mol. The smallest absolute Gasteiger partial charge is 0.0332 e. The highest BCUT2D eigenvalue weighted by atomic mass is 15.2. The Hall–Kier alpha value is -1.64. The number of nitrogens with zero attached hydrogens (tertiary/aromatic N) is 1. The molecule has 1 unspecified atom stereocenters. The Bertz CT molecular complexity index is 509. The molecule has 1 aliphatic heterocycles. The molecule has 2 aromatic rings. The van der Waals surface area contributed by atoms with Gasteiger partial charge in [-0.15, -0.1) is 0 Å². The Labute approximate surface area is 121 Å². The van der Waals surface area contributed by atoms with Crippen molar-refractivity contribution in [2.75, 3.05) is 19.6 Å². The number of nitrogens with one attached hydrogen (secondary N) is 1. The highest BCUT2D eigenvalue weighted by Gasteiger charge is 2.17. The average molecular weight is 266 g/mol. The van der Waals surface area contributed by atoms with Crippen LogP contribution < -0.4 is 5.32 Å². The van der Waals surface area contributed by atoms with E-state index in [9.17, 15) is 0 Å². The van der Waals surface area contributed by atoms with Gasteiger partial charge in [0.1, 0.15) is 0 Å². The first-order chi connectivity index (χ1) is 9.92. The van der Waals surface area contributed by atoms with Crippen LogP contribution in [-0.2, 0) is 6.54 Å². The molecule has 1 heterocycles. The normalized spacial score (nSPS) is 20.5. The van der Waals surface area contributed by atoms with E-state index in [4.69, 9.17) is 0 Å². The van der Waals surface area contributed by atoms with Crippen molar-refractivity contribution in [2.45, 2.75) is 19.0 Å². The molecule has 2 aromatic carbocycles. The Morgan fingerprint density at radius 2 is 1.60 bits per heavy atom. The molecule has 0 radical (unpaired) electrons. The molecule has 1 fully saturated rings. The first-order valence-electron chi connectivity index (χ1n) is 7.46. The largest absolute Gasteiger partial charge is 0.309 e. The van der Waals surface area contributed by atoms with E-state index in [1.807, 2.05) is 0 Å². The SMILES string of the molecule is c1ccc(CN2CCNC(c3ccccc3)CC2)cc1. The third kappa shape index (κ3) is 3.47. The molecule has 104 valence electrons. The predicted molar refractivity (Wildman–Crippen MR) is 83.5 cm³/mol. The monoisotopic (exact) mass is 266 g/mol. The van der Waals surface area contributed by atoms with Crippen LogP contribution in [0.2, 0.25) is 0 Å². The summed E-state index contributed by atoms with van der Waals surface area (Å²) in [6.45, 7) is 4.40. The van der Waals surface area contributed by atoms with E-state index in [1.54, 1.807) is 0 Å². The lowest BCUT2D eigenvalue weighted by Crippen LogP contribution is -2.27. The van der Waals surface area contributed by atoms with E-state index in [0.29, 0.717) is 6.04 Å². The van der Waals surface area contributed by atoms with Gasteiger partial charge < -0.3 is 5.32 Å². The van der Waals surface area contributed by atoms with Gasteiger partial charge in [-0.3, -0.25) is 4.90 Å². The van der Waals surface area contributed by atoms with Gasteiger partial charge in [-0.2, -0.15) is 0 Å². The van der Waals surface area contributed by atoms with Gasteiger partial charge in [0, 0.05) is 32.2 Å². The van der Waals surface area contributed by atoms with Gasteiger partial charge in [-0.05, 0) is 17.5 Å². The Morgan fingerprint density at radius 3 is 2.35 bits per heavy atom. The Balaban J connectivity index is 1.60. The summed E-state index contributed by atoms with van der Waals surface area (Å²) in [6.07, 6.45) is 1.18. The second-order valence-electron chi connectivity index (χ2n) is 5.47. The molecule has 1 N–H and O–H groups in total. The summed E-state index contributed by atoms with van der Waals surface area (Å²) >= 11 is 0. The third-order valence-electron chi connectivity index (χ3n) is 4.00. The highest BCUT2D eigenvalue weighted by molar-refractivity contribution is 5.19. The fourth-order valence-corrected chi connectivity index (χ4v) is 2.89. The second-order valence-corrected chi connectivity index (χ2v) is 5.47. The maximum Gasteiger partial charge on any atom is 0.0332 e. The van der Waals surface area contributed by atoms with E-state index in [1.165, 1.54) is 17.5 Å². The minimum absolute atomic E-state index is 0.497. The van der Waals surface area contributed by atoms with Crippen LogP contribution >= 0.6 is 0 Å². The molecular formula is C18H22N2. The van der Waals surface area contributed by atoms with Crippen molar-refractivity contribution in [1.29, 1.82) is 0 Å². The number of hydrogen-bond donors (Lipinski definition) is 1. The zero-order valence-electron chi connectivity index (χ0n) is 11.8. The molecule has 20 heavy (non-hydrogen) atoms. The van der Waals surface area contributed by atoms with Gasteiger partial charge in [0.25, 0.3) is 0 Å². The molecule has 0 amide bonds. The van der Waals surface area contributed by atoms with Gasteiger partial charge in [-0.25, -0.2) is 0 Å². The van der Waals surface area contributed by atoms with E-state index in [0.717, 1.165) is 26.2 Å². The standard InChI is InChI=1S/C18H22N2/c1-3-7-16(8-4-1)15-20-13-11-18(19-12-14-20)17-9-5-2-6-10-17/h1-10,18-19H,11-15H2. The summed E-state index contributed by atoms with van der Waals surface area (Å²) in [5.74, 6) is 0. The van der Waals surface area contributed by atoms with Gasteiger partial charge in [0.05, 0.1) is 0 Å². The summed E-state index contributed by atoms with van der Waals surface area (Å²) in [6, 6.07) is 22.1. The van der Waals surface area contributed by atoms with Crippen LogP contribution in [0.4, 0.5) is 0 Å². The molecule has 0 spiro atoms. The highest BCUT2D eigenvalue weighted by Crippen LogP contribution is 2.19. The molecule has 2 heteroatoms. The lowest BCUT2D eigenvalue weighted by Gasteiger charge is -2.19. The zero-order valence-corrected chi connectivity index (χ0v) is 11.8. The van der Waals surface area contributed by atoms with Crippen LogP contribution in [0.25, 0.3) is 0 Å². The topological polar surface area (TPSA) is 15.3 Å². The summed E-state index contributed by atoms with van der Waals surface area (Å²) in [5.41, 5.74) is 2.82. The first kappa shape index (κ1) is 13.3. The van der Waals surface area contributed by atoms with Crippen LogP contribution in [0, 0.1) is 0 Å². The molecule has 3 rings (SSSR count). The van der Waals surface area contributed by atoms with Crippen LogP contribution in [0.3, 0.4) is 0 Å². The summed E-state index contributed by atoms with van der Waals surface area (Å²) < 4.78 is 0. The lowest BCUT2D eigenvalue weighted by atomic mass is 10.0. The quantitative estimate of drug-likeness (QED) is 0.917. The van der Waals surface area contributed by atoms with Crippen LogP contribution in [0.5, 0.6) is 0 Å². The Morgan fingerprint density at radius 1 is 0.900 bits per heavy atom. The number of hydrogen-bond acceptors (Lipinski definition) is 2. The molecule has 0 aromatic heterocycles. The van der Waals surface area contributed by atoms with Gasteiger partial charge in [-0.1, -0.05) is 60.7 Å². The molecule has 1 atom stereocenters. The van der Waals surface area contributed by atoms with Crippen LogP contribution in [-0.4, -0.2) is 24.5 Å². The van der Waals surface area contributed by atoms with E-state index in [-0.39, 0.29) is 0 Å². The van der Waals surface area contributed by atoms with Gasteiger partial charge >= 0.3 is 0 Å². The summed E-state index contributed by atoms with van der Waals surface area (Å²) in [4.78, 5) is 2.55. The van der Waals surface area contributed by atoms with Crippen molar-refractivity contribution in [3.63, 3.8) is 0 Å². The number of rotatable bonds is 3. The third-order valence-corrected chi connectivity index (χ3v) is 4.00. The summed E-state index contributed by atoms with van der Waals surface area (Å²) in [5, 5.41) is 3.67. The minimum Gasteiger partial charge on any atom is -0.309 e. The van der Waals surface area contributed by atoms with E-state index < -0.39 is 0 Å². The maximum absolute atomic E-state index is 3.67. The van der Waals surface area contributed by atoms with Crippen LogP contribution in [0.1, 0.15) is 23.6 Å². The maximum atomic E-state index is 3.67. The van der Waals surface area contributed by atoms with Gasteiger partial charge in [0.15, 0.2) is 0 Å². The zero-order chi connectivity index (χ0) is 13.6. The van der Waals surface area contributed by atoms with Crippen LogP contribution in [0.15, 0.2) is 60.7 Å². The van der Waals surface area contributed by atoms with Crippen molar-refractivity contribution < 1.29 is 0 Å². The van der Waals surface area contributed by atoms with Crippen molar-refractivity contribution in [2.24, 2.45) is 0 Å². The first-order valence-corrected chi connectivity index (χ1v) is 7.46. The molecule has 0 saturated carbocycles. The predicted octanol–water partition coefficient (Wildman–Crippen LogP) is 3.22.